The lowest BCUT2D eigenvalue weighted by atomic mass is 9.94. The molecule has 0 radical (unpaired) electrons. The van der Waals surface area contributed by atoms with E-state index in [1.165, 1.54) is 36.4 Å². The van der Waals surface area contributed by atoms with E-state index in [1.807, 2.05) is 41.5 Å². The predicted octanol–water partition coefficient (Wildman–Crippen LogP) is 9.35. The Morgan fingerprint density at radius 2 is 0.667 bits per heavy atom. The smallest absolute Gasteiger partial charge is 0.410 e. The number of ether oxygens (including phenoxy) is 3. The largest absolute Gasteiger partial charge is 0.447 e. The lowest BCUT2D eigenvalue weighted by Crippen LogP contribution is -2.52. The number of imidazole rings is 3. The third-order valence-corrected chi connectivity index (χ3v) is 19.0. The lowest BCUT2D eigenvalue weighted by Gasteiger charge is -2.43. The van der Waals surface area contributed by atoms with Gasteiger partial charge < -0.3 is 43.9 Å². The van der Waals surface area contributed by atoms with Gasteiger partial charge in [-0.1, -0.05) is 0 Å². The maximum absolute atomic E-state index is 13.7. The highest BCUT2D eigenvalue weighted by molar-refractivity contribution is 5.77. The van der Waals surface area contributed by atoms with Crippen LogP contribution in [-0.4, -0.2) is 190 Å². The Morgan fingerprint density at radius 1 is 0.425 bits per heavy atom. The van der Waals surface area contributed by atoms with E-state index in [4.69, 9.17) is 14.2 Å². The van der Waals surface area contributed by atoms with E-state index in [0.717, 1.165) is 97.1 Å². The standard InChI is InChI=1S/3C21H29FN4O3/c3*1-14(2)29-20(28)24-11-8-21(3,13-24)25-9-6-16(7-10-25)26-18-12-15(22)4-5-17(18)23-19(26)27/h3*4-5,12,14,16H,6-11,13H2,1-3H3,(H,23,27). The van der Waals surface area contributed by atoms with Crippen molar-refractivity contribution in [1.82, 2.24) is 58.1 Å². The summed E-state index contributed by atoms with van der Waals surface area (Å²) in [4.78, 5) is 95.2. The average Bonchev–Trinajstić information content (AvgIpc) is 1.84. The quantitative estimate of drug-likeness (QED) is 0.116. The monoisotopic (exact) mass is 1210 g/mol. The van der Waals surface area contributed by atoms with Crippen LogP contribution in [0.5, 0.6) is 0 Å². The normalized spacial score (nSPS) is 24.0. The zero-order chi connectivity index (χ0) is 62.3. The number of amides is 3. The number of piperidine rings is 3. The Bertz CT molecular complexity index is 3250. The molecule has 6 saturated heterocycles. The second-order valence-electron chi connectivity index (χ2n) is 26.3. The molecule has 12 rings (SSSR count). The van der Waals surface area contributed by atoms with Gasteiger partial charge in [-0.3, -0.25) is 28.4 Å². The topological polar surface area (TPSA) is 212 Å². The third-order valence-electron chi connectivity index (χ3n) is 19.0. The van der Waals surface area contributed by atoms with Crippen molar-refractivity contribution in [1.29, 1.82) is 0 Å². The number of hydrogen-bond acceptors (Lipinski definition) is 12. The number of nitrogens with zero attached hydrogens (tertiary/aromatic N) is 9. The maximum atomic E-state index is 13.7. The van der Waals surface area contributed by atoms with E-state index < -0.39 is 0 Å². The number of benzene rings is 3. The minimum atomic E-state index is -0.338. The number of carbonyl (C=O) groups excluding carboxylic acids is 3. The fourth-order valence-corrected chi connectivity index (χ4v) is 14.3. The van der Waals surface area contributed by atoms with Crippen LogP contribution in [0.2, 0.25) is 0 Å². The van der Waals surface area contributed by atoms with Gasteiger partial charge in [-0.2, -0.15) is 0 Å². The van der Waals surface area contributed by atoms with Crippen LogP contribution in [0.3, 0.4) is 0 Å². The first-order valence-electron chi connectivity index (χ1n) is 31.1. The van der Waals surface area contributed by atoms with E-state index in [-0.39, 0.29) is 106 Å². The van der Waals surface area contributed by atoms with Crippen LogP contribution in [0.1, 0.15) is 138 Å². The molecule has 9 heterocycles. The molecule has 6 aromatic rings. The minimum absolute atomic E-state index is 0.0429. The van der Waals surface area contributed by atoms with Crippen molar-refractivity contribution in [3.63, 3.8) is 0 Å². The predicted molar refractivity (Wildman–Crippen MR) is 326 cm³/mol. The Labute approximate surface area is 504 Å². The summed E-state index contributed by atoms with van der Waals surface area (Å²) in [5.74, 6) is -1.02. The maximum Gasteiger partial charge on any atom is 0.410 e. The molecule has 6 aliphatic rings. The molecular weight excluding hydrogens is 1130 g/mol. The molecule has 3 amide bonds. The molecule has 3 atom stereocenters. The molecule has 0 bridgehead atoms. The van der Waals surface area contributed by atoms with E-state index in [2.05, 4.69) is 50.4 Å². The van der Waals surface area contributed by atoms with Crippen molar-refractivity contribution in [3.05, 3.63) is 104 Å². The number of carbonyl (C=O) groups is 3. The molecule has 3 N–H and O–H groups in total. The Balaban J connectivity index is 0.000000144. The SMILES string of the molecule is CC(C)OC(=O)N1CCC(C)(N2CCC(n3c(=O)[nH]c4ccc(F)cc43)CC2)C1.CC(C)OC(=O)N1CCC(C)(N2CCC(n3c(=O)[nH]c4ccc(F)cc43)CC2)C1.CC(C)OC(=O)N1CCC(C)(N2CCC(n3c(=O)[nH]c4ccc(F)cc43)CC2)C1. The number of fused-ring (bicyclic) bond motifs is 3. The molecule has 3 aromatic heterocycles. The summed E-state index contributed by atoms with van der Waals surface area (Å²) in [6.07, 6.45) is 6.51. The van der Waals surface area contributed by atoms with Crippen LogP contribution in [0, 0.1) is 17.5 Å². The zero-order valence-electron chi connectivity index (χ0n) is 51.8. The van der Waals surface area contributed by atoms with Crippen LogP contribution < -0.4 is 17.1 Å². The van der Waals surface area contributed by atoms with Gasteiger partial charge in [-0.15, -0.1) is 0 Å². The number of likely N-dealkylation sites (tertiary alicyclic amines) is 6. The van der Waals surface area contributed by atoms with Crippen molar-refractivity contribution in [2.45, 2.75) is 173 Å². The van der Waals surface area contributed by atoms with E-state index >= 15 is 0 Å². The first-order valence-corrected chi connectivity index (χ1v) is 31.1. The van der Waals surface area contributed by atoms with Crippen molar-refractivity contribution < 1.29 is 41.8 Å². The van der Waals surface area contributed by atoms with Gasteiger partial charge in [0.15, 0.2) is 0 Å². The molecule has 6 aliphatic heterocycles. The fourth-order valence-electron chi connectivity index (χ4n) is 14.3. The Hall–Kier alpha value is -7.05. The van der Waals surface area contributed by atoms with E-state index in [0.29, 0.717) is 72.4 Å². The van der Waals surface area contributed by atoms with Gasteiger partial charge in [-0.25, -0.2) is 41.9 Å². The van der Waals surface area contributed by atoms with Crippen molar-refractivity contribution in [3.8, 4) is 0 Å². The van der Waals surface area contributed by atoms with E-state index in [1.54, 1.807) is 46.6 Å². The van der Waals surface area contributed by atoms with Gasteiger partial charge in [0.05, 0.1) is 51.4 Å². The third kappa shape index (κ3) is 13.7. The van der Waals surface area contributed by atoms with Crippen molar-refractivity contribution in [2.75, 3.05) is 78.5 Å². The van der Waals surface area contributed by atoms with Gasteiger partial charge in [-0.05, 0) is 175 Å². The Kier molecular flexibility index (Phi) is 18.5. The number of halogens is 3. The molecule has 474 valence electrons. The van der Waals surface area contributed by atoms with Crippen LogP contribution in [0.4, 0.5) is 27.6 Å². The average molecular weight is 1210 g/mol. The molecule has 24 heteroatoms. The van der Waals surface area contributed by atoms with Gasteiger partial charge in [0.2, 0.25) is 0 Å². The molecule has 0 aliphatic carbocycles. The molecule has 0 saturated carbocycles. The van der Waals surface area contributed by atoms with Crippen molar-refractivity contribution in [2.24, 2.45) is 0 Å². The molecule has 87 heavy (non-hydrogen) atoms. The number of nitrogens with one attached hydrogen (secondary N) is 3. The van der Waals surface area contributed by atoms with Gasteiger partial charge in [0, 0.05) is 113 Å². The molecule has 6 fully saturated rings. The molecule has 0 spiro atoms. The molecule has 3 unspecified atom stereocenters. The summed E-state index contributed by atoms with van der Waals surface area (Å²) < 4.78 is 62.3. The number of hydrogen-bond donors (Lipinski definition) is 3. The van der Waals surface area contributed by atoms with Gasteiger partial charge in [0.1, 0.15) is 17.5 Å². The number of aromatic amines is 3. The number of H-pyrrole nitrogens is 3. The highest BCUT2D eigenvalue weighted by Crippen LogP contribution is 2.38. The highest BCUT2D eigenvalue weighted by atomic mass is 19.1. The summed E-state index contributed by atoms with van der Waals surface area (Å²) in [5.41, 5.74) is 3.09. The Morgan fingerprint density at radius 3 is 0.897 bits per heavy atom. The van der Waals surface area contributed by atoms with Crippen LogP contribution in [0.25, 0.3) is 33.1 Å². The van der Waals surface area contributed by atoms with Crippen LogP contribution >= 0.6 is 0 Å². The second-order valence-corrected chi connectivity index (χ2v) is 26.3. The lowest BCUT2D eigenvalue weighted by molar-refractivity contribution is 0.0560. The van der Waals surface area contributed by atoms with Gasteiger partial charge in [0.25, 0.3) is 0 Å². The van der Waals surface area contributed by atoms with E-state index in [9.17, 15) is 41.9 Å². The van der Waals surface area contributed by atoms with Gasteiger partial charge >= 0.3 is 35.3 Å². The minimum Gasteiger partial charge on any atom is -0.447 e. The van der Waals surface area contributed by atoms with Crippen molar-refractivity contribution >= 4 is 51.4 Å². The van der Waals surface area contributed by atoms with Crippen LogP contribution in [0.15, 0.2) is 69.0 Å². The number of rotatable bonds is 9. The highest BCUT2D eigenvalue weighted by Gasteiger charge is 2.46. The molecule has 3 aromatic carbocycles. The summed E-state index contributed by atoms with van der Waals surface area (Å²) in [5, 5.41) is 0. The molecule has 21 nitrogen and oxygen atoms in total. The second kappa shape index (κ2) is 25.6. The summed E-state index contributed by atoms with van der Waals surface area (Å²) in [7, 11) is 0. The number of aromatic nitrogens is 6. The first kappa shape index (κ1) is 63.0. The molecular formula is C63H87F3N12O9. The fraction of sp³-hybridized carbons (Fsp3) is 0.619. The summed E-state index contributed by atoms with van der Waals surface area (Å²) in [6.45, 7) is 26.8. The zero-order valence-corrected chi connectivity index (χ0v) is 51.8. The summed E-state index contributed by atoms with van der Waals surface area (Å²) >= 11 is 0. The van der Waals surface area contributed by atoms with Crippen LogP contribution in [-0.2, 0) is 14.2 Å². The first-order chi connectivity index (χ1) is 41.3. The summed E-state index contributed by atoms with van der Waals surface area (Å²) in [6, 6.07) is 13.3.